The molecule has 0 aliphatic heterocycles. The van der Waals surface area contributed by atoms with Crippen molar-refractivity contribution in [3.05, 3.63) is 35.4 Å². The molecule has 2 aromatic rings. The Labute approximate surface area is 118 Å². The van der Waals surface area contributed by atoms with Crippen molar-refractivity contribution in [3.63, 3.8) is 0 Å². The highest BCUT2D eigenvalue weighted by molar-refractivity contribution is 5.36. The summed E-state index contributed by atoms with van der Waals surface area (Å²) in [5.74, 6) is 0.975. The summed E-state index contributed by atoms with van der Waals surface area (Å²) in [6, 6.07) is 8.63. The lowest BCUT2D eigenvalue weighted by Gasteiger charge is -2.08. The van der Waals surface area contributed by atoms with Gasteiger partial charge >= 0.3 is 6.01 Å². The molecule has 0 fully saturated rings. The number of hydrogen-bond donors (Lipinski definition) is 2. The molecule has 2 rings (SSSR count). The summed E-state index contributed by atoms with van der Waals surface area (Å²) in [5, 5.41) is 6.06. The van der Waals surface area contributed by atoms with Gasteiger partial charge in [0.15, 0.2) is 0 Å². The van der Waals surface area contributed by atoms with E-state index in [-0.39, 0.29) is 0 Å². The van der Waals surface area contributed by atoms with Crippen LogP contribution in [-0.4, -0.2) is 28.6 Å². The summed E-state index contributed by atoms with van der Waals surface area (Å²) in [6.45, 7) is 5.13. The van der Waals surface area contributed by atoms with Gasteiger partial charge in [-0.05, 0) is 19.4 Å². The zero-order valence-electron chi connectivity index (χ0n) is 12.0. The van der Waals surface area contributed by atoms with Crippen molar-refractivity contribution in [1.82, 2.24) is 15.0 Å². The molecule has 6 nitrogen and oxygen atoms in total. The second-order valence-corrected chi connectivity index (χ2v) is 4.29. The maximum absolute atomic E-state index is 5.31. The summed E-state index contributed by atoms with van der Waals surface area (Å²) in [6.07, 6.45) is 0. The Kier molecular flexibility index (Phi) is 4.70. The molecular formula is C14H19N5O. The van der Waals surface area contributed by atoms with Crippen molar-refractivity contribution in [3.8, 4) is 6.01 Å². The molecule has 106 valence electrons. The number of benzene rings is 1. The Morgan fingerprint density at radius 1 is 1.05 bits per heavy atom. The largest absolute Gasteiger partial charge is 0.464 e. The van der Waals surface area contributed by atoms with E-state index in [1.54, 1.807) is 7.05 Å². The number of aromatic nitrogens is 3. The minimum Gasteiger partial charge on any atom is -0.464 e. The van der Waals surface area contributed by atoms with Crippen molar-refractivity contribution in [2.75, 3.05) is 24.3 Å². The molecule has 1 heterocycles. The highest BCUT2D eigenvalue weighted by Crippen LogP contribution is 2.12. The van der Waals surface area contributed by atoms with Crippen LogP contribution >= 0.6 is 0 Å². The molecule has 1 aromatic carbocycles. The molecule has 20 heavy (non-hydrogen) atoms. The average molecular weight is 273 g/mol. The van der Waals surface area contributed by atoms with Crippen molar-refractivity contribution >= 4 is 11.9 Å². The second-order valence-electron chi connectivity index (χ2n) is 4.29. The molecule has 0 aliphatic rings. The number of rotatable bonds is 6. The van der Waals surface area contributed by atoms with Crippen molar-refractivity contribution < 1.29 is 4.74 Å². The minimum absolute atomic E-state index is 0.318. The first-order chi connectivity index (χ1) is 9.71. The second kappa shape index (κ2) is 6.70. The third-order valence-corrected chi connectivity index (χ3v) is 2.68. The van der Waals surface area contributed by atoms with Crippen molar-refractivity contribution in [2.45, 2.75) is 20.4 Å². The van der Waals surface area contributed by atoms with Gasteiger partial charge in [0.25, 0.3) is 0 Å². The van der Waals surface area contributed by atoms with Crippen molar-refractivity contribution in [1.29, 1.82) is 0 Å². The Morgan fingerprint density at radius 3 is 2.40 bits per heavy atom. The van der Waals surface area contributed by atoms with Crippen LogP contribution in [0.5, 0.6) is 6.01 Å². The Hall–Kier alpha value is -2.37. The van der Waals surface area contributed by atoms with Gasteiger partial charge in [-0.1, -0.05) is 29.8 Å². The van der Waals surface area contributed by atoms with Crippen molar-refractivity contribution in [2.24, 2.45) is 0 Å². The molecule has 0 aliphatic carbocycles. The molecule has 0 unspecified atom stereocenters. The fourth-order valence-electron chi connectivity index (χ4n) is 1.63. The fraction of sp³-hybridized carbons (Fsp3) is 0.357. The lowest BCUT2D eigenvalue weighted by molar-refractivity contribution is 0.312. The number of aryl methyl sites for hydroxylation is 1. The van der Waals surface area contributed by atoms with E-state index in [0.717, 1.165) is 0 Å². The number of nitrogens with zero attached hydrogens (tertiary/aromatic N) is 3. The molecule has 0 saturated heterocycles. The van der Waals surface area contributed by atoms with Crippen LogP contribution in [0.1, 0.15) is 18.1 Å². The third kappa shape index (κ3) is 3.81. The van der Waals surface area contributed by atoms with E-state index in [4.69, 9.17) is 4.74 Å². The standard InChI is InChI=1S/C14H19N5O/c1-4-20-14-18-12(15-3)17-13(19-14)16-9-11-7-5-10(2)6-8-11/h5-8H,4,9H2,1-3H3,(H2,15,16,17,18,19). The number of nitrogens with one attached hydrogen (secondary N) is 2. The monoisotopic (exact) mass is 273 g/mol. The third-order valence-electron chi connectivity index (χ3n) is 2.68. The molecule has 0 amide bonds. The highest BCUT2D eigenvalue weighted by Gasteiger charge is 2.06. The Balaban J connectivity index is 2.07. The summed E-state index contributed by atoms with van der Waals surface area (Å²) in [7, 11) is 1.76. The van der Waals surface area contributed by atoms with Gasteiger partial charge in [0, 0.05) is 13.6 Å². The van der Waals surface area contributed by atoms with Gasteiger partial charge in [0.05, 0.1) is 6.61 Å². The van der Waals surface area contributed by atoms with Crippen LogP contribution in [0.2, 0.25) is 0 Å². The average Bonchev–Trinajstić information content (AvgIpc) is 2.47. The van der Waals surface area contributed by atoms with Crippen LogP contribution in [0.15, 0.2) is 24.3 Å². The molecule has 6 heteroatoms. The van der Waals surface area contributed by atoms with E-state index in [0.29, 0.717) is 31.1 Å². The van der Waals surface area contributed by atoms with Gasteiger partial charge < -0.3 is 15.4 Å². The van der Waals surface area contributed by atoms with Crippen LogP contribution in [0, 0.1) is 6.92 Å². The van der Waals surface area contributed by atoms with E-state index in [1.165, 1.54) is 11.1 Å². The molecular weight excluding hydrogens is 254 g/mol. The number of ether oxygens (including phenoxy) is 1. The molecule has 0 spiro atoms. The molecule has 2 N–H and O–H groups in total. The van der Waals surface area contributed by atoms with E-state index >= 15 is 0 Å². The van der Waals surface area contributed by atoms with Gasteiger partial charge in [-0.2, -0.15) is 15.0 Å². The smallest absolute Gasteiger partial charge is 0.323 e. The first kappa shape index (κ1) is 14.0. The first-order valence-corrected chi connectivity index (χ1v) is 6.57. The van der Waals surface area contributed by atoms with Gasteiger partial charge in [-0.15, -0.1) is 0 Å². The maximum atomic E-state index is 5.31. The minimum atomic E-state index is 0.318. The lowest BCUT2D eigenvalue weighted by Crippen LogP contribution is -2.09. The fourth-order valence-corrected chi connectivity index (χ4v) is 1.63. The predicted molar refractivity (Wildman–Crippen MR) is 79.0 cm³/mol. The lowest BCUT2D eigenvalue weighted by atomic mass is 10.1. The molecule has 0 radical (unpaired) electrons. The zero-order valence-corrected chi connectivity index (χ0v) is 12.0. The summed E-state index contributed by atoms with van der Waals surface area (Å²) >= 11 is 0. The van der Waals surface area contributed by atoms with Gasteiger partial charge in [0.1, 0.15) is 0 Å². The van der Waals surface area contributed by atoms with E-state index < -0.39 is 0 Å². The normalized spacial score (nSPS) is 10.2. The van der Waals surface area contributed by atoms with Crippen LogP contribution in [0.4, 0.5) is 11.9 Å². The zero-order chi connectivity index (χ0) is 14.4. The topological polar surface area (TPSA) is 72.0 Å². The van der Waals surface area contributed by atoms with Crippen LogP contribution in [0.3, 0.4) is 0 Å². The molecule has 0 bridgehead atoms. The van der Waals surface area contributed by atoms with E-state index in [2.05, 4.69) is 56.8 Å². The number of hydrogen-bond acceptors (Lipinski definition) is 6. The Morgan fingerprint density at radius 2 is 1.75 bits per heavy atom. The SMILES string of the molecule is CCOc1nc(NC)nc(NCc2ccc(C)cc2)n1. The van der Waals surface area contributed by atoms with Crippen LogP contribution in [-0.2, 0) is 6.54 Å². The summed E-state index contributed by atoms with van der Waals surface area (Å²) < 4.78 is 5.31. The van der Waals surface area contributed by atoms with Crippen LogP contribution < -0.4 is 15.4 Å². The van der Waals surface area contributed by atoms with Gasteiger partial charge in [-0.3, -0.25) is 0 Å². The van der Waals surface area contributed by atoms with Gasteiger partial charge in [0.2, 0.25) is 11.9 Å². The Bertz CT molecular complexity index is 556. The highest BCUT2D eigenvalue weighted by atomic mass is 16.5. The van der Waals surface area contributed by atoms with E-state index in [1.807, 2.05) is 6.92 Å². The van der Waals surface area contributed by atoms with Crippen LogP contribution in [0.25, 0.3) is 0 Å². The summed E-state index contributed by atoms with van der Waals surface area (Å²) in [5.41, 5.74) is 2.41. The molecule has 1 aromatic heterocycles. The number of anilines is 2. The first-order valence-electron chi connectivity index (χ1n) is 6.57. The quantitative estimate of drug-likeness (QED) is 0.841. The van der Waals surface area contributed by atoms with E-state index in [9.17, 15) is 0 Å². The molecule has 0 atom stereocenters. The summed E-state index contributed by atoms with van der Waals surface area (Å²) in [4.78, 5) is 12.6. The maximum Gasteiger partial charge on any atom is 0.323 e. The molecule has 0 saturated carbocycles. The van der Waals surface area contributed by atoms with Gasteiger partial charge in [-0.25, -0.2) is 0 Å². The predicted octanol–water partition coefficient (Wildman–Crippen LogP) is 2.23.